The van der Waals surface area contributed by atoms with E-state index < -0.39 is 11.7 Å². The maximum absolute atomic E-state index is 13.4. The molecule has 1 aliphatic heterocycles. The Morgan fingerprint density at radius 2 is 2.03 bits per heavy atom. The van der Waals surface area contributed by atoms with Crippen LogP contribution in [0.1, 0.15) is 37.6 Å². The lowest BCUT2D eigenvalue weighted by Gasteiger charge is -2.31. The lowest BCUT2D eigenvalue weighted by molar-refractivity contribution is 0.0223. The van der Waals surface area contributed by atoms with Crippen molar-refractivity contribution in [3.63, 3.8) is 0 Å². The third kappa shape index (κ3) is 3.74. The minimum Gasteiger partial charge on any atom is -0.444 e. The van der Waals surface area contributed by atoms with E-state index in [9.17, 15) is 9.59 Å². The first-order valence-electron chi connectivity index (χ1n) is 9.68. The summed E-state index contributed by atoms with van der Waals surface area (Å²) >= 11 is 0. The van der Waals surface area contributed by atoms with Gasteiger partial charge in [-0.1, -0.05) is 0 Å². The predicted octanol–water partition coefficient (Wildman–Crippen LogP) is 2.47. The summed E-state index contributed by atoms with van der Waals surface area (Å²) in [6.07, 6.45) is 3.73. The molecule has 1 amide bonds. The molecule has 0 unspecified atom stereocenters. The fourth-order valence-corrected chi connectivity index (χ4v) is 3.70. The van der Waals surface area contributed by atoms with E-state index in [2.05, 4.69) is 10.1 Å². The Morgan fingerprint density at radius 3 is 2.72 bits per heavy atom. The number of nitrogens with zero attached hydrogens (tertiary/aromatic N) is 5. The zero-order valence-corrected chi connectivity index (χ0v) is 17.2. The van der Waals surface area contributed by atoms with E-state index in [1.54, 1.807) is 20.3 Å². The highest BCUT2D eigenvalue weighted by atomic mass is 16.6. The Balaban J connectivity index is 1.78. The zero-order chi connectivity index (χ0) is 20.8. The molecule has 8 heteroatoms. The van der Waals surface area contributed by atoms with E-state index >= 15 is 0 Å². The summed E-state index contributed by atoms with van der Waals surface area (Å²) in [4.78, 5) is 32.0. The minimum absolute atomic E-state index is 0.134. The Morgan fingerprint density at radius 1 is 1.24 bits per heavy atom. The number of pyridine rings is 2. The molecule has 4 heterocycles. The number of amides is 1. The molecule has 0 saturated carbocycles. The number of aryl methyl sites for hydroxylation is 1. The van der Waals surface area contributed by atoms with Gasteiger partial charge in [0.1, 0.15) is 11.2 Å². The van der Waals surface area contributed by atoms with Gasteiger partial charge in [-0.25, -0.2) is 9.78 Å². The molecular formula is C21H25N5O3. The molecule has 4 rings (SSSR count). The van der Waals surface area contributed by atoms with Gasteiger partial charge in [-0.3, -0.25) is 14.0 Å². The van der Waals surface area contributed by atoms with Gasteiger partial charge in [0.2, 0.25) is 0 Å². The van der Waals surface area contributed by atoms with E-state index in [-0.39, 0.29) is 12.1 Å². The van der Waals surface area contributed by atoms with Crippen molar-refractivity contribution >= 4 is 17.1 Å². The maximum Gasteiger partial charge on any atom is 0.410 e. The monoisotopic (exact) mass is 395 g/mol. The molecule has 8 nitrogen and oxygen atoms in total. The third-order valence-electron chi connectivity index (χ3n) is 4.96. The van der Waals surface area contributed by atoms with E-state index in [4.69, 9.17) is 4.74 Å². The van der Waals surface area contributed by atoms with Gasteiger partial charge in [0.05, 0.1) is 18.8 Å². The largest absolute Gasteiger partial charge is 0.444 e. The second-order valence-electron chi connectivity index (χ2n) is 8.36. The van der Waals surface area contributed by atoms with Crippen LogP contribution in [-0.2, 0) is 31.3 Å². The molecule has 0 fully saturated rings. The molecule has 1 aliphatic rings. The highest BCUT2D eigenvalue weighted by Gasteiger charge is 2.29. The molecule has 0 atom stereocenters. The van der Waals surface area contributed by atoms with Crippen LogP contribution in [0.2, 0.25) is 0 Å². The van der Waals surface area contributed by atoms with Gasteiger partial charge in [-0.05, 0) is 51.0 Å². The average molecular weight is 395 g/mol. The van der Waals surface area contributed by atoms with E-state index in [0.717, 1.165) is 16.6 Å². The van der Waals surface area contributed by atoms with Crippen molar-refractivity contribution < 1.29 is 9.53 Å². The van der Waals surface area contributed by atoms with Gasteiger partial charge in [0, 0.05) is 36.9 Å². The van der Waals surface area contributed by atoms with E-state index in [1.165, 1.54) is 0 Å². The SMILES string of the molecule is Cn1ccc(Cn2c(=O)c3c(c4cccnc42)CCN(C(=O)OC(C)(C)C)C3)n1. The fourth-order valence-electron chi connectivity index (χ4n) is 3.70. The number of carbonyl (C=O) groups excluding carboxylic acids is 1. The molecule has 0 N–H and O–H groups in total. The summed E-state index contributed by atoms with van der Waals surface area (Å²) in [5.74, 6) is 0. The number of aromatic nitrogens is 4. The summed E-state index contributed by atoms with van der Waals surface area (Å²) < 4.78 is 8.86. The highest BCUT2D eigenvalue weighted by molar-refractivity contribution is 5.81. The third-order valence-corrected chi connectivity index (χ3v) is 4.96. The topological polar surface area (TPSA) is 82.2 Å². The molecule has 3 aromatic heterocycles. The predicted molar refractivity (Wildman–Crippen MR) is 109 cm³/mol. The van der Waals surface area contributed by atoms with Crippen LogP contribution in [-0.4, -0.2) is 42.5 Å². The molecule has 0 aromatic carbocycles. The van der Waals surface area contributed by atoms with Crippen LogP contribution in [0.5, 0.6) is 0 Å². The van der Waals surface area contributed by atoms with Gasteiger partial charge in [0.25, 0.3) is 5.56 Å². The van der Waals surface area contributed by atoms with Crippen LogP contribution < -0.4 is 5.56 Å². The molecule has 3 aromatic rings. The first kappa shape index (κ1) is 19.2. The van der Waals surface area contributed by atoms with Gasteiger partial charge in [-0.2, -0.15) is 5.10 Å². The lowest BCUT2D eigenvalue weighted by atomic mass is 9.97. The summed E-state index contributed by atoms with van der Waals surface area (Å²) in [5.41, 5.74) is 2.30. The standard InChI is InChI=1S/C21H25N5O3/c1-21(2,3)29-20(28)25-11-8-15-16-6-5-9-22-18(16)26(19(27)17(15)13-25)12-14-7-10-24(4)23-14/h5-7,9-10H,8,11-13H2,1-4H3. The second kappa shape index (κ2) is 7.02. The quantitative estimate of drug-likeness (QED) is 0.666. The van der Waals surface area contributed by atoms with E-state index in [0.29, 0.717) is 30.7 Å². The number of ether oxygens (including phenoxy) is 1. The van der Waals surface area contributed by atoms with Crippen LogP contribution in [0.15, 0.2) is 35.4 Å². The van der Waals surface area contributed by atoms with Crippen molar-refractivity contribution in [3.05, 3.63) is 57.8 Å². The van der Waals surface area contributed by atoms with Crippen molar-refractivity contribution in [2.45, 2.75) is 45.9 Å². The van der Waals surface area contributed by atoms with Crippen molar-refractivity contribution in [1.82, 2.24) is 24.2 Å². The lowest BCUT2D eigenvalue weighted by Crippen LogP contribution is -2.43. The van der Waals surface area contributed by atoms with Crippen molar-refractivity contribution in [2.24, 2.45) is 7.05 Å². The van der Waals surface area contributed by atoms with Crippen LogP contribution in [0, 0.1) is 0 Å². The van der Waals surface area contributed by atoms with Crippen molar-refractivity contribution in [3.8, 4) is 0 Å². The number of hydrogen-bond donors (Lipinski definition) is 0. The number of carbonyl (C=O) groups is 1. The Labute approximate surface area is 168 Å². The van der Waals surface area contributed by atoms with Crippen LogP contribution in [0.4, 0.5) is 4.79 Å². The minimum atomic E-state index is -0.580. The summed E-state index contributed by atoms with van der Waals surface area (Å²) in [6.45, 7) is 6.57. The second-order valence-corrected chi connectivity index (χ2v) is 8.36. The first-order valence-corrected chi connectivity index (χ1v) is 9.68. The van der Waals surface area contributed by atoms with Crippen molar-refractivity contribution in [1.29, 1.82) is 0 Å². The van der Waals surface area contributed by atoms with Gasteiger partial charge in [-0.15, -0.1) is 0 Å². The molecule has 0 aliphatic carbocycles. The smallest absolute Gasteiger partial charge is 0.410 e. The van der Waals surface area contributed by atoms with Crippen LogP contribution in [0.25, 0.3) is 11.0 Å². The van der Waals surface area contributed by atoms with Gasteiger partial charge < -0.3 is 9.64 Å². The summed E-state index contributed by atoms with van der Waals surface area (Å²) in [6, 6.07) is 5.74. The number of rotatable bonds is 2. The first-order chi connectivity index (χ1) is 13.7. The molecule has 29 heavy (non-hydrogen) atoms. The average Bonchev–Trinajstić information content (AvgIpc) is 3.08. The fraction of sp³-hybridized carbons (Fsp3) is 0.429. The summed E-state index contributed by atoms with van der Waals surface area (Å²) in [5, 5.41) is 5.34. The van der Waals surface area contributed by atoms with Gasteiger partial charge in [0.15, 0.2) is 0 Å². The molecule has 0 bridgehead atoms. The maximum atomic E-state index is 13.4. The molecular weight excluding hydrogens is 370 g/mol. The number of fused-ring (bicyclic) bond motifs is 3. The number of hydrogen-bond acceptors (Lipinski definition) is 5. The van der Waals surface area contributed by atoms with Gasteiger partial charge >= 0.3 is 6.09 Å². The Hall–Kier alpha value is -3.16. The molecule has 0 spiro atoms. The molecule has 0 radical (unpaired) electrons. The van der Waals surface area contributed by atoms with E-state index in [1.807, 2.05) is 52.2 Å². The van der Waals surface area contributed by atoms with Crippen molar-refractivity contribution in [2.75, 3.05) is 6.54 Å². The summed E-state index contributed by atoms with van der Waals surface area (Å²) in [7, 11) is 1.84. The van der Waals surface area contributed by atoms with Crippen LogP contribution >= 0.6 is 0 Å². The Kier molecular flexibility index (Phi) is 4.64. The molecule has 0 saturated heterocycles. The Bertz CT molecular complexity index is 1140. The van der Waals surface area contributed by atoms with Crippen LogP contribution in [0.3, 0.4) is 0 Å². The normalized spacial score (nSPS) is 14.1. The highest BCUT2D eigenvalue weighted by Crippen LogP contribution is 2.25. The molecule has 152 valence electrons. The zero-order valence-electron chi connectivity index (χ0n) is 17.2.